The molecule has 0 unspecified atom stereocenters. The van der Waals surface area contributed by atoms with Gasteiger partial charge in [-0.3, -0.25) is 0 Å². The predicted molar refractivity (Wildman–Crippen MR) is 37.0 cm³/mol. The molecule has 0 aliphatic rings. The van der Waals surface area contributed by atoms with Crippen LogP contribution in [0.5, 0.6) is 0 Å². The van der Waals surface area contributed by atoms with Gasteiger partial charge in [0.15, 0.2) is 5.82 Å². The first-order chi connectivity index (χ1) is 6.04. The summed E-state index contributed by atoms with van der Waals surface area (Å²) >= 11 is 0. The fourth-order valence-corrected chi connectivity index (χ4v) is 0.667. The van der Waals surface area contributed by atoms with Gasteiger partial charge in [0.1, 0.15) is 0 Å². The van der Waals surface area contributed by atoms with Crippen molar-refractivity contribution in [3.63, 3.8) is 0 Å². The van der Waals surface area contributed by atoms with Crippen molar-refractivity contribution in [2.24, 2.45) is 4.99 Å². The fourth-order valence-electron chi connectivity index (χ4n) is 0.667. The van der Waals surface area contributed by atoms with Crippen LogP contribution in [-0.2, 0) is 11.0 Å². The minimum absolute atomic E-state index is 0.0944. The van der Waals surface area contributed by atoms with Crippen LogP contribution in [0, 0.1) is 0 Å². The van der Waals surface area contributed by atoms with E-state index in [1.807, 2.05) is 0 Å². The first kappa shape index (κ1) is 9.41. The number of halogens is 3. The Kier molecular flexibility index (Phi) is 2.44. The third-order valence-corrected chi connectivity index (χ3v) is 1.24. The number of isocyanates is 1. The lowest BCUT2D eigenvalue weighted by Crippen LogP contribution is -2.04. The predicted octanol–water partition coefficient (Wildman–Crippen LogP) is 2.07. The zero-order valence-electron chi connectivity index (χ0n) is 6.17. The van der Waals surface area contributed by atoms with Gasteiger partial charge in [-0.1, -0.05) is 0 Å². The molecule has 0 aliphatic carbocycles. The van der Waals surface area contributed by atoms with Gasteiger partial charge in [0.25, 0.3) is 0 Å². The highest BCUT2D eigenvalue weighted by atomic mass is 19.4. The van der Waals surface area contributed by atoms with Crippen molar-refractivity contribution in [1.82, 2.24) is 4.98 Å². The summed E-state index contributed by atoms with van der Waals surface area (Å²) in [6.07, 6.45) is -2.64. The van der Waals surface area contributed by atoms with Gasteiger partial charge in [-0.2, -0.15) is 13.2 Å². The summed E-state index contributed by atoms with van der Waals surface area (Å²) in [6, 6.07) is 1.79. The van der Waals surface area contributed by atoms with Gasteiger partial charge < -0.3 is 0 Å². The Bertz CT molecular complexity index is 338. The monoisotopic (exact) mass is 188 g/mol. The minimum Gasteiger partial charge on any atom is -0.236 e. The molecule has 68 valence electrons. The summed E-state index contributed by atoms with van der Waals surface area (Å²) in [5.74, 6) is -0.0944. The van der Waals surface area contributed by atoms with Crippen LogP contribution in [0.2, 0.25) is 0 Å². The molecule has 0 aliphatic heterocycles. The maximum absolute atomic E-state index is 12.0. The van der Waals surface area contributed by atoms with E-state index in [-0.39, 0.29) is 5.82 Å². The molecule has 0 saturated carbocycles. The van der Waals surface area contributed by atoms with E-state index >= 15 is 0 Å². The number of nitrogens with zero attached hydrogens (tertiary/aromatic N) is 2. The Balaban J connectivity index is 3.00. The Morgan fingerprint density at radius 3 is 2.46 bits per heavy atom. The van der Waals surface area contributed by atoms with Crippen LogP contribution in [0.15, 0.2) is 23.3 Å². The molecule has 0 N–H and O–H groups in total. The quantitative estimate of drug-likeness (QED) is 0.500. The molecule has 0 amide bonds. The van der Waals surface area contributed by atoms with E-state index in [4.69, 9.17) is 0 Å². The zero-order valence-corrected chi connectivity index (χ0v) is 6.17. The lowest BCUT2D eigenvalue weighted by atomic mass is 10.3. The van der Waals surface area contributed by atoms with E-state index in [0.717, 1.165) is 12.1 Å². The lowest BCUT2D eigenvalue weighted by molar-refractivity contribution is -0.137. The molecule has 1 heterocycles. The molecule has 13 heavy (non-hydrogen) atoms. The van der Waals surface area contributed by atoms with E-state index in [1.54, 1.807) is 0 Å². The molecular formula is C7H3F3N2O. The molecule has 1 aromatic heterocycles. The first-order valence-electron chi connectivity index (χ1n) is 3.15. The van der Waals surface area contributed by atoms with E-state index in [2.05, 4.69) is 9.98 Å². The summed E-state index contributed by atoms with van der Waals surface area (Å²) in [6.45, 7) is 0. The van der Waals surface area contributed by atoms with Crippen molar-refractivity contribution < 1.29 is 18.0 Å². The Labute approximate surface area is 70.9 Å². The maximum atomic E-state index is 12.0. The molecule has 1 rings (SSSR count). The van der Waals surface area contributed by atoms with Crippen LogP contribution < -0.4 is 0 Å². The van der Waals surface area contributed by atoms with Gasteiger partial charge in [0, 0.05) is 6.20 Å². The van der Waals surface area contributed by atoms with Crippen molar-refractivity contribution in [3.05, 3.63) is 23.9 Å². The van der Waals surface area contributed by atoms with Crippen LogP contribution in [0.3, 0.4) is 0 Å². The molecular weight excluding hydrogens is 185 g/mol. The van der Waals surface area contributed by atoms with Gasteiger partial charge in [0.05, 0.1) is 5.56 Å². The van der Waals surface area contributed by atoms with Crippen LogP contribution in [0.4, 0.5) is 19.0 Å². The van der Waals surface area contributed by atoms with Gasteiger partial charge in [-0.25, -0.2) is 9.78 Å². The molecule has 0 fully saturated rings. The Morgan fingerprint density at radius 2 is 2.08 bits per heavy atom. The summed E-state index contributed by atoms with van der Waals surface area (Å²) in [7, 11) is 0. The van der Waals surface area contributed by atoms with Gasteiger partial charge in [-0.05, 0) is 12.1 Å². The highest BCUT2D eigenvalue weighted by Gasteiger charge is 2.30. The number of hydrogen-bond donors (Lipinski definition) is 0. The molecule has 0 spiro atoms. The molecule has 1 aromatic rings. The Morgan fingerprint density at radius 1 is 1.38 bits per heavy atom. The van der Waals surface area contributed by atoms with E-state index in [9.17, 15) is 18.0 Å². The summed E-state index contributed by atoms with van der Waals surface area (Å²) in [5.41, 5.74) is -0.877. The lowest BCUT2D eigenvalue weighted by Gasteiger charge is -2.04. The SMILES string of the molecule is O=C=Nc1ccc(C(F)(F)F)cn1. The normalized spacial score (nSPS) is 10.7. The second kappa shape index (κ2) is 3.37. The summed E-state index contributed by atoms with van der Waals surface area (Å²) in [4.78, 5) is 16.0. The minimum atomic E-state index is -4.42. The first-order valence-corrected chi connectivity index (χ1v) is 3.15. The zero-order chi connectivity index (χ0) is 9.90. The smallest absolute Gasteiger partial charge is 0.236 e. The van der Waals surface area contributed by atoms with Crippen LogP contribution >= 0.6 is 0 Å². The van der Waals surface area contributed by atoms with Crippen molar-refractivity contribution in [2.45, 2.75) is 6.18 Å². The van der Waals surface area contributed by atoms with Crippen molar-refractivity contribution in [1.29, 1.82) is 0 Å². The number of carbonyl (C=O) groups excluding carboxylic acids is 1. The molecule has 3 nitrogen and oxygen atoms in total. The fraction of sp³-hybridized carbons (Fsp3) is 0.143. The molecule has 0 atom stereocenters. The summed E-state index contributed by atoms with van der Waals surface area (Å²) in [5, 5.41) is 0. The van der Waals surface area contributed by atoms with Crippen LogP contribution in [0.25, 0.3) is 0 Å². The number of hydrogen-bond acceptors (Lipinski definition) is 3. The van der Waals surface area contributed by atoms with Crippen molar-refractivity contribution in [3.8, 4) is 0 Å². The van der Waals surface area contributed by atoms with Gasteiger partial charge in [0.2, 0.25) is 6.08 Å². The highest BCUT2D eigenvalue weighted by molar-refractivity contribution is 5.44. The third kappa shape index (κ3) is 2.38. The van der Waals surface area contributed by atoms with E-state index in [0.29, 0.717) is 6.20 Å². The van der Waals surface area contributed by atoms with Crippen LogP contribution in [0.1, 0.15) is 5.56 Å². The van der Waals surface area contributed by atoms with Gasteiger partial charge >= 0.3 is 6.18 Å². The number of aromatic nitrogens is 1. The Hall–Kier alpha value is -1.68. The number of aliphatic imine (C=N–C) groups is 1. The largest absolute Gasteiger partial charge is 0.417 e. The summed E-state index contributed by atoms with van der Waals surface area (Å²) < 4.78 is 35.9. The third-order valence-electron chi connectivity index (χ3n) is 1.24. The second-order valence-electron chi connectivity index (χ2n) is 2.11. The van der Waals surface area contributed by atoms with E-state index in [1.165, 1.54) is 6.08 Å². The molecule has 6 heteroatoms. The number of rotatable bonds is 1. The van der Waals surface area contributed by atoms with Crippen molar-refractivity contribution in [2.75, 3.05) is 0 Å². The van der Waals surface area contributed by atoms with E-state index < -0.39 is 11.7 Å². The number of pyridine rings is 1. The molecule has 0 saturated heterocycles. The maximum Gasteiger partial charge on any atom is 0.417 e. The average molecular weight is 188 g/mol. The standard InChI is InChI=1S/C7H3F3N2O/c8-7(9,10)5-1-2-6(11-3-5)12-4-13/h1-3H. The van der Waals surface area contributed by atoms with Gasteiger partial charge in [-0.15, -0.1) is 4.99 Å². The highest BCUT2D eigenvalue weighted by Crippen LogP contribution is 2.28. The van der Waals surface area contributed by atoms with Crippen molar-refractivity contribution >= 4 is 11.9 Å². The molecule has 0 aromatic carbocycles. The topological polar surface area (TPSA) is 42.3 Å². The molecule has 0 bridgehead atoms. The average Bonchev–Trinajstić information content (AvgIpc) is 2.04. The second-order valence-corrected chi connectivity index (χ2v) is 2.11. The van der Waals surface area contributed by atoms with Crippen LogP contribution in [-0.4, -0.2) is 11.1 Å². The number of alkyl halides is 3. The molecule has 0 radical (unpaired) electrons.